The molecule has 1 aromatic carbocycles. The summed E-state index contributed by atoms with van der Waals surface area (Å²) in [7, 11) is 0. The third-order valence-electron chi connectivity index (χ3n) is 3.93. The average molecular weight is 402 g/mol. The minimum absolute atomic E-state index is 0.107. The van der Waals surface area contributed by atoms with Crippen LogP contribution in [0.3, 0.4) is 0 Å². The third kappa shape index (κ3) is 4.65. The first-order valence-electron chi connectivity index (χ1n) is 8.35. The molecule has 0 bridgehead atoms. The van der Waals surface area contributed by atoms with E-state index in [1.807, 2.05) is 18.2 Å². The number of para-hydroxylation sites is 1. The van der Waals surface area contributed by atoms with Crippen molar-refractivity contribution in [3.8, 4) is 0 Å². The van der Waals surface area contributed by atoms with Crippen LogP contribution >= 0.6 is 24.0 Å². The number of amides is 2. The van der Waals surface area contributed by atoms with Gasteiger partial charge in [-0.2, -0.15) is 0 Å². The highest BCUT2D eigenvalue weighted by Crippen LogP contribution is 2.32. The molecule has 8 heteroatoms. The average Bonchev–Trinajstić information content (AvgIpc) is 3.27. The number of furan rings is 1. The van der Waals surface area contributed by atoms with Crippen molar-refractivity contribution in [2.24, 2.45) is 0 Å². The first-order chi connectivity index (χ1) is 13.1. The van der Waals surface area contributed by atoms with Crippen molar-refractivity contribution in [1.82, 2.24) is 4.90 Å². The van der Waals surface area contributed by atoms with E-state index in [0.29, 0.717) is 20.7 Å². The zero-order chi connectivity index (χ0) is 19.2. The van der Waals surface area contributed by atoms with E-state index in [-0.39, 0.29) is 37.9 Å². The van der Waals surface area contributed by atoms with Crippen LogP contribution in [0.15, 0.2) is 58.1 Å². The van der Waals surface area contributed by atoms with Gasteiger partial charge in [0.1, 0.15) is 10.1 Å². The lowest BCUT2D eigenvalue weighted by Crippen LogP contribution is -2.37. The number of anilines is 1. The summed E-state index contributed by atoms with van der Waals surface area (Å²) in [5, 5.41) is 9.27. The smallest absolute Gasteiger partial charge is 0.266 e. The predicted octanol–water partition coefficient (Wildman–Crippen LogP) is 2.90. The number of thioether (sulfide) groups is 1. The second-order valence-corrected chi connectivity index (χ2v) is 7.38. The van der Waals surface area contributed by atoms with Gasteiger partial charge in [-0.3, -0.25) is 14.5 Å². The summed E-state index contributed by atoms with van der Waals surface area (Å²) in [5.74, 6) is 0.159. The van der Waals surface area contributed by atoms with Gasteiger partial charge in [0.05, 0.1) is 17.8 Å². The maximum absolute atomic E-state index is 12.6. The van der Waals surface area contributed by atoms with Gasteiger partial charge in [0.15, 0.2) is 0 Å². The second-order valence-electron chi connectivity index (χ2n) is 5.70. The lowest BCUT2D eigenvalue weighted by atomic mass is 10.2. The molecule has 2 heterocycles. The van der Waals surface area contributed by atoms with Crippen LogP contribution in [0.2, 0.25) is 0 Å². The second kappa shape index (κ2) is 8.98. The zero-order valence-electron chi connectivity index (χ0n) is 14.4. The van der Waals surface area contributed by atoms with E-state index in [1.54, 1.807) is 30.3 Å². The molecule has 3 rings (SSSR count). The number of carbonyl (C=O) groups excluding carboxylic acids is 2. The number of nitrogens with zero attached hydrogens (tertiary/aromatic N) is 2. The zero-order valence-corrected chi connectivity index (χ0v) is 16.0. The van der Waals surface area contributed by atoms with E-state index in [1.165, 1.54) is 27.8 Å². The normalized spacial score (nSPS) is 15.6. The fourth-order valence-electron chi connectivity index (χ4n) is 2.64. The molecule has 1 N–H and O–H groups in total. The summed E-state index contributed by atoms with van der Waals surface area (Å²) >= 11 is 6.48. The van der Waals surface area contributed by atoms with Crippen LogP contribution in [0, 0.1) is 0 Å². The first kappa shape index (κ1) is 19.3. The largest absolute Gasteiger partial charge is 0.465 e. The molecule has 0 radical (unpaired) electrons. The Morgan fingerprint density at radius 1 is 1.26 bits per heavy atom. The maximum Gasteiger partial charge on any atom is 0.266 e. The van der Waals surface area contributed by atoms with Gasteiger partial charge < -0.3 is 14.4 Å². The molecule has 1 aromatic heterocycles. The number of rotatable bonds is 7. The van der Waals surface area contributed by atoms with Crippen LogP contribution in [-0.2, 0) is 9.59 Å². The van der Waals surface area contributed by atoms with E-state index in [2.05, 4.69) is 0 Å². The molecule has 27 heavy (non-hydrogen) atoms. The standard InChI is InChI=1S/C19H18N2O4S2/c22-11-10-20(14-5-2-1-3-6-14)17(23)8-9-21-18(24)16(27-19(21)26)13-15-7-4-12-25-15/h1-7,12-13,22H,8-11H2. The minimum atomic E-state index is -0.234. The van der Waals surface area contributed by atoms with Gasteiger partial charge in [-0.25, -0.2) is 0 Å². The Morgan fingerprint density at radius 2 is 2.04 bits per heavy atom. The molecular formula is C19H18N2O4S2. The van der Waals surface area contributed by atoms with Gasteiger partial charge in [0.2, 0.25) is 5.91 Å². The topological polar surface area (TPSA) is 74.0 Å². The molecule has 2 aromatic rings. The van der Waals surface area contributed by atoms with Gasteiger partial charge in [-0.05, 0) is 24.3 Å². The van der Waals surface area contributed by atoms with Crippen LogP contribution in [0.4, 0.5) is 5.69 Å². The molecule has 6 nitrogen and oxygen atoms in total. The van der Waals surface area contributed by atoms with Crippen LogP contribution < -0.4 is 4.90 Å². The molecule has 0 saturated carbocycles. The molecule has 0 spiro atoms. The van der Waals surface area contributed by atoms with Crippen molar-refractivity contribution in [1.29, 1.82) is 0 Å². The predicted molar refractivity (Wildman–Crippen MR) is 109 cm³/mol. The third-order valence-corrected chi connectivity index (χ3v) is 5.31. The van der Waals surface area contributed by atoms with Gasteiger partial charge in [0, 0.05) is 31.3 Å². The SMILES string of the molecule is O=C1C(=Cc2ccco2)SC(=S)N1CCC(=O)N(CCO)c1ccccc1. The Balaban J connectivity index is 1.65. The summed E-state index contributed by atoms with van der Waals surface area (Å²) in [4.78, 5) is 28.6. The Bertz CT molecular complexity index is 850. The Morgan fingerprint density at radius 3 is 2.70 bits per heavy atom. The summed E-state index contributed by atoms with van der Waals surface area (Å²) in [6.07, 6.45) is 3.28. The van der Waals surface area contributed by atoms with Gasteiger partial charge in [0.25, 0.3) is 5.91 Å². The maximum atomic E-state index is 12.6. The Hall–Kier alpha value is -2.42. The molecule has 0 unspecified atom stereocenters. The number of thiocarbonyl (C=S) groups is 1. The van der Waals surface area contributed by atoms with Gasteiger partial charge >= 0.3 is 0 Å². The molecule has 0 aliphatic carbocycles. The van der Waals surface area contributed by atoms with Crippen molar-refractivity contribution in [2.45, 2.75) is 6.42 Å². The van der Waals surface area contributed by atoms with E-state index < -0.39 is 0 Å². The number of benzene rings is 1. The quantitative estimate of drug-likeness (QED) is 0.567. The molecular weight excluding hydrogens is 384 g/mol. The van der Waals surface area contributed by atoms with Crippen molar-refractivity contribution < 1.29 is 19.1 Å². The number of hydrogen-bond acceptors (Lipinski definition) is 6. The molecule has 1 saturated heterocycles. The fourth-order valence-corrected chi connectivity index (χ4v) is 3.93. The number of carbonyl (C=O) groups is 2. The molecule has 2 amide bonds. The molecule has 140 valence electrons. The molecule has 0 atom stereocenters. The lowest BCUT2D eigenvalue weighted by Gasteiger charge is -2.23. The van der Waals surface area contributed by atoms with Crippen LogP contribution in [-0.4, -0.2) is 45.8 Å². The van der Waals surface area contributed by atoms with E-state index >= 15 is 0 Å². The Labute approximate surface area is 166 Å². The molecule has 1 aliphatic heterocycles. The Kier molecular flexibility index (Phi) is 6.44. The molecule has 1 fully saturated rings. The lowest BCUT2D eigenvalue weighted by molar-refractivity contribution is -0.123. The van der Waals surface area contributed by atoms with Crippen molar-refractivity contribution >= 4 is 51.9 Å². The highest BCUT2D eigenvalue weighted by Gasteiger charge is 2.32. The monoisotopic (exact) mass is 402 g/mol. The summed E-state index contributed by atoms with van der Waals surface area (Å²) in [6.45, 7) is 0.237. The number of aliphatic hydroxyl groups excluding tert-OH is 1. The van der Waals surface area contributed by atoms with Crippen LogP contribution in [0.25, 0.3) is 6.08 Å². The fraction of sp³-hybridized carbons (Fsp3) is 0.211. The van der Waals surface area contributed by atoms with Crippen molar-refractivity contribution in [3.05, 3.63) is 59.4 Å². The van der Waals surface area contributed by atoms with Gasteiger partial charge in [-0.15, -0.1) is 0 Å². The van der Waals surface area contributed by atoms with E-state index in [9.17, 15) is 14.7 Å². The van der Waals surface area contributed by atoms with Crippen molar-refractivity contribution in [3.63, 3.8) is 0 Å². The highest BCUT2D eigenvalue weighted by molar-refractivity contribution is 8.26. The van der Waals surface area contributed by atoms with Crippen molar-refractivity contribution in [2.75, 3.05) is 24.6 Å². The van der Waals surface area contributed by atoms with E-state index in [4.69, 9.17) is 16.6 Å². The van der Waals surface area contributed by atoms with E-state index in [0.717, 1.165) is 0 Å². The first-order valence-corrected chi connectivity index (χ1v) is 9.58. The minimum Gasteiger partial charge on any atom is -0.465 e. The van der Waals surface area contributed by atoms with Gasteiger partial charge in [-0.1, -0.05) is 42.2 Å². The summed E-state index contributed by atoms with van der Waals surface area (Å²) < 4.78 is 5.65. The number of aliphatic hydroxyl groups is 1. The molecule has 1 aliphatic rings. The van der Waals surface area contributed by atoms with Crippen LogP contribution in [0.5, 0.6) is 0 Å². The summed E-state index contributed by atoms with van der Waals surface area (Å²) in [5.41, 5.74) is 0.708. The number of hydrogen-bond donors (Lipinski definition) is 1. The summed E-state index contributed by atoms with van der Waals surface area (Å²) in [6, 6.07) is 12.6. The van der Waals surface area contributed by atoms with Crippen LogP contribution in [0.1, 0.15) is 12.2 Å². The highest BCUT2D eigenvalue weighted by atomic mass is 32.2.